The van der Waals surface area contributed by atoms with Crippen molar-refractivity contribution in [2.75, 3.05) is 26.4 Å². The van der Waals surface area contributed by atoms with Crippen LogP contribution in [0.1, 0.15) is 0 Å². The van der Waals surface area contributed by atoms with E-state index in [1.807, 2.05) is 0 Å². The summed E-state index contributed by atoms with van der Waals surface area (Å²) in [7, 11) is -5.77. The fourth-order valence-electron chi connectivity index (χ4n) is 0.478. The van der Waals surface area contributed by atoms with Gasteiger partial charge in [0.05, 0.1) is 26.4 Å². The molecule has 0 aromatic carbocycles. The topological polar surface area (TPSA) is 102 Å². The third kappa shape index (κ3) is 11.2. The molecule has 0 spiro atoms. The van der Waals surface area contributed by atoms with Crippen LogP contribution in [0.25, 0.3) is 0 Å². The van der Waals surface area contributed by atoms with Crippen LogP contribution in [0.15, 0.2) is 0 Å². The smallest absolute Gasteiger partial charge is 0.511 e. The summed E-state index contributed by atoms with van der Waals surface area (Å²) in [6, 6.07) is 0. The molecule has 0 aromatic heterocycles. The Morgan fingerprint density at radius 2 is 1.23 bits per heavy atom. The summed E-state index contributed by atoms with van der Waals surface area (Å²) in [5.41, 5.74) is 0. The maximum Gasteiger partial charge on any atom is 0.764 e. The molecule has 7 nitrogen and oxygen atoms in total. The molecule has 76 valence electrons. The summed E-state index contributed by atoms with van der Waals surface area (Å²) in [6.07, 6.45) is 0. The molecule has 0 saturated carbocycles. The van der Waals surface area contributed by atoms with E-state index in [1.165, 1.54) is 0 Å². The van der Waals surface area contributed by atoms with Crippen molar-refractivity contribution in [3.8, 4) is 0 Å². The third-order valence-corrected chi connectivity index (χ3v) is 1.81. The molecule has 13 heavy (non-hydrogen) atoms. The third-order valence-electron chi connectivity index (χ3n) is 0.906. The lowest BCUT2D eigenvalue weighted by atomic mass is 10.7. The zero-order valence-electron chi connectivity index (χ0n) is 6.76. The second-order valence-electron chi connectivity index (χ2n) is 1.84. The van der Waals surface area contributed by atoms with Crippen LogP contribution in [0.4, 0.5) is 0 Å². The summed E-state index contributed by atoms with van der Waals surface area (Å²) < 4.78 is 33.4. The molecule has 0 radical (unpaired) electrons. The number of ether oxygens (including phenoxy) is 1. The fraction of sp³-hybridized carbons (Fsp3) is 1.00. The van der Waals surface area contributed by atoms with Crippen LogP contribution in [-0.2, 0) is 22.5 Å². The molecular formula is C4H10O7Si2. The first-order valence-corrected chi connectivity index (χ1v) is 5.95. The largest absolute Gasteiger partial charge is 0.764 e. The van der Waals surface area contributed by atoms with E-state index in [1.54, 1.807) is 0 Å². The Hall–Kier alpha value is -0.806. The molecule has 9 heteroatoms. The zero-order chi connectivity index (χ0) is 10.1. The zero-order valence-corrected chi connectivity index (χ0v) is 8.76. The van der Waals surface area contributed by atoms with Crippen molar-refractivity contribution in [1.29, 1.82) is 0 Å². The highest BCUT2D eigenvalue weighted by Gasteiger charge is 2.03. The second-order valence-corrected chi connectivity index (χ2v) is 3.48. The molecule has 0 bridgehead atoms. The Labute approximate surface area is 77.7 Å². The van der Waals surface area contributed by atoms with Crippen molar-refractivity contribution in [2.24, 2.45) is 0 Å². The van der Waals surface area contributed by atoms with Gasteiger partial charge in [-0.05, 0) is 0 Å². The van der Waals surface area contributed by atoms with E-state index in [-0.39, 0.29) is 26.4 Å². The average molecular weight is 226 g/mol. The highest BCUT2D eigenvalue weighted by molar-refractivity contribution is 6.24. The van der Waals surface area contributed by atoms with Crippen molar-refractivity contribution < 1.29 is 32.1 Å². The van der Waals surface area contributed by atoms with Gasteiger partial charge in [-0.15, -0.1) is 0 Å². The van der Waals surface area contributed by atoms with Gasteiger partial charge in [0.2, 0.25) is 0 Å². The van der Waals surface area contributed by atoms with E-state index in [0.29, 0.717) is 0 Å². The Morgan fingerprint density at radius 3 is 1.54 bits per heavy atom. The van der Waals surface area contributed by atoms with Gasteiger partial charge in [-0.2, -0.15) is 0 Å². The van der Waals surface area contributed by atoms with Gasteiger partial charge < -0.3 is 23.2 Å². The standard InChI is InChI=1S/C4H10O7Si2/c5-12(6)10-3-1-9-2-4-11-13(7)8/h5,7H,1-4H2. The first kappa shape index (κ1) is 12.2. The van der Waals surface area contributed by atoms with Crippen LogP contribution in [0.5, 0.6) is 0 Å². The minimum absolute atomic E-state index is 0.0165. The quantitative estimate of drug-likeness (QED) is 0.359. The van der Waals surface area contributed by atoms with E-state index in [9.17, 15) is 8.92 Å². The van der Waals surface area contributed by atoms with Crippen molar-refractivity contribution >= 4 is 18.3 Å². The van der Waals surface area contributed by atoms with Gasteiger partial charge >= 0.3 is 18.3 Å². The Kier molecular flexibility index (Phi) is 7.34. The molecule has 0 saturated heterocycles. The Morgan fingerprint density at radius 1 is 0.846 bits per heavy atom. The van der Waals surface area contributed by atoms with Crippen molar-refractivity contribution in [1.82, 2.24) is 0 Å². The van der Waals surface area contributed by atoms with Crippen molar-refractivity contribution in [3.05, 3.63) is 0 Å². The number of hydrogen-bond acceptors (Lipinski definition) is 5. The molecule has 0 unspecified atom stereocenters. The van der Waals surface area contributed by atoms with Gasteiger partial charge in [0, 0.05) is 0 Å². The van der Waals surface area contributed by atoms with Gasteiger partial charge in [0.15, 0.2) is 0 Å². The number of rotatable bonds is 8. The summed E-state index contributed by atoms with van der Waals surface area (Å²) >= 11 is 0. The van der Waals surface area contributed by atoms with E-state index < -0.39 is 18.3 Å². The van der Waals surface area contributed by atoms with Crippen molar-refractivity contribution in [2.45, 2.75) is 0 Å². The lowest BCUT2D eigenvalue weighted by molar-refractivity contribution is 0.0614. The monoisotopic (exact) mass is 226 g/mol. The molecular weight excluding hydrogens is 216 g/mol. The molecule has 0 aromatic rings. The SMILES string of the molecule is O=[Si](O)OCCOCCO[Si](=O)O. The number of hydrogen-bond donors (Lipinski definition) is 2. The molecule has 0 aliphatic heterocycles. The van der Waals surface area contributed by atoms with E-state index in [2.05, 4.69) is 8.85 Å². The predicted octanol–water partition coefficient (Wildman–Crippen LogP) is -2.15. The van der Waals surface area contributed by atoms with Crippen LogP contribution in [0.3, 0.4) is 0 Å². The highest BCUT2D eigenvalue weighted by atomic mass is 28.3. The molecule has 0 aliphatic rings. The second kappa shape index (κ2) is 7.82. The molecule has 0 fully saturated rings. The summed E-state index contributed by atoms with van der Waals surface area (Å²) in [4.78, 5) is 16.4. The van der Waals surface area contributed by atoms with Gasteiger partial charge in [-0.3, -0.25) is 8.92 Å². The van der Waals surface area contributed by atoms with Crippen LogP contribution in [0, 0.1) is 0 Å². The average Bonchev–Trinajstić information content (AvgIpc) is 2.01. The predicted molar refractivity (Wildman–Crippen MR) is 40.0 cm³/mol. The van der Waals surface area contributed by atoms with Gasteiger partial charge in [-0.1, -0.05) is 0 Å². The molecule has 2 N–H and O–H groups in total. The van der Waals surface area contributed by atoms with Crippen LogP contribution in [0.2, 0.25) is 0 Å². The lowest BCUT2D eigenvalue weighted by Gasteiger charge is -2.03. The highest BCUT2D eigenvalue weighted by Crippen LogP contribution is 1.79. The summed E-state index contributed by atoms with van der Waals surface area (Å²) in [6.45, 7) is 0.324. The summed E-state index contributed by atoms with van der Waals surface area (Å²) in [5.74, 6) is 0. The first-order valence-electron chi connectivity index (χ1n) is 3.42. The maximum atomic E-state index is 9.99. The van der Waals surface area contributed by atoms with Gasteiger partial charge in [-0.25, -0.2) is 0 Å². The summed E-state index contributed by atoms with van der Waals surface area (Å²) in [5, 5.41) is 0. The minimum Gasteiger partial charge on any atom is -0.511 e. The van der Waals surface area contributed by atoms with E-state index in [0.717, 1.165) is 0 Å². The van der Waals surface area contributed by atoms with Gasteiger partial charge in [0.25, 0.3) is 0 Å². The minimum atomic E-state index is -2.89. The lowest BCUT2D eigenvalue weighted by Crippen LogP contribution is -2.15. The molecule has 0 atom stereocenters. The van der Waals surface area contributed by atoms with Gasteiger partial charge in [0.1, 0.15) is 0 Å². The van der Waals surface area contributed by atoms with Crippen LogP contribution >= 0.6 is 0 Å². The van der Waals surface area contributed by atoms with E-state index >= 15 is 0 Å². The molecule has 0 heterocycles. The molecule has 0 aliphatic carbocycles. The normalized spacial score (nSPS) is 9.23. The Balaban J connectivity index is 3.00. The van der Waals surface area contributed by atoms with Crippen LogP contribution < -0.4 is 0 Å². The Bertz CT molecular complexity index is 154. The molecule has 0 amide bonds. The van der Waals surface area contributed by atoms with E-state index in [4.69, 9.17) is 14.3 Å². The van der Waals surface area contributed by atoms with Crippen molar-refractivity contribution in [3.63, 3.8) is 0 Å². The fourth-order valence-corrected chi connectivity index (χ4v) is 0.994. The van der Waals surface area contributed by atoms with Crippen LogP contribution in [-0.4, -0.2) is 54.4 Å². The molecule has 0 rings (SSSR count). The maximum absolute atomic E-state index is 9.99. The first-order chi connectivity index (χ1) is 6.13.